The van der Waals surface area contributed by atoms with Crippen molar-refractivity contribution >= 4 is 40.6 Å². The lowest BCUT2D eigenvalue weighted by Gasteiger charge is -2.36. The predicted octanol–water partition coefficient (Wildman–Crippen LogP) is 4.36. The molecule has 0 bridgehead atoms. The molecule has 2 aromatic rings. The van der Waals surface area contributed by atoms with Gasteiger partial charge in [0.2, 0.25) is 0 Å². The highest BCUT2D eigenvalue weighted by Crippen LogP contribution is 2.27. The van der Waals surface area contributed by atoms with Crippen LogP contribution in [0.1, 0.15) is 0 Å². The molecule has 7 heteroatoms. The van der Waals surface area contributed by atoms with Crippen molar-refractivity contribution < 1.29 is 9.53 Å². The van der Waals surface area contributed by atoms with Crippen LogP contribution in [0.5, 0.6) is 5.75 Å². The largest absolute Gasteiger partial charge is 0.495 e. The highest BCUT2D eigenvalue weighted by Gasteiger charge is 2.22. The van der Waals surface area contributed by atoms with Crippen LogP contribution in [0.2, 0.25) is 10.0 Å². The maximum Gasteiger partial charge on any atom is 0.322 e. The zero-order valence-corrected chi connectivity index (χ0v) is 15.3. The Balaban J connectivity index is 1.61. The highest BCUT2D eigenvalue weighted by atomic mass is 35.5. The van der Waals surface area contributed by atoms with Crippen LogP contribution in [0.3, 0.4) is 0 Å². The van der Waals surface area contributed by atoms with E-state index in [2.05, 4.69) is 10.2 Å². The molecule has 1 heterocycles. The van der Waals surface area contributed by atoms with Crippen LogP contribution in [0, 0.1) is 0 Å². The van der Waals surface area contributed by atoms with E-state index in [1.54, 1.807) is 18.1 Å². The van der Waals surface area contributed by atoms with Gasteiger partial charge in [0.25, 0.3) is 0 Å². The summed E-state index contributed by atoms with van der Waals surface area (Å²) in [6.07, 6.45) is 0. The van der Waals surface area contributed by atoms with Gasteiger partial charge < -0.3 is 19.9 Å². The number of carbonyl (C=O) groups excluding carboxylic acids is 1. The molecule has 1 saturated heterocycles. The summed E-state index contributed by atoms with van der Waals surface area (Å²) in [6, 6.07) is 12.7. The number of para-hydroxylation sites is 2. The Bertz CT molecular complexity index is 741. The Morgan fingerprint density at radius 3 is 2.32 bits per heavy atom. The first-order valence-electron chi connectivity index (χ1n) is 7.97. The lowest BCUT2D eigenvalue weighted by molar-refractivity contribution is 0.208. The van der Waals surface area contributed by atoms with E-state index in [0.717, 1.165) is 18.8 Å². The first-order chi connectivity index (χ1) is 12.1. The first kappa shape index (κ1) is 17.7. The third kappa shape index (κ3) is 4.30. The van der Waals surface area contributed by atoms with E-state index < -0.39 is 0 Å². The van der Waals surface area contributed by atoms with Gasteiger partial charge in [0.15, 0.2) is 0 Å². The Morgan fingerprint density at radius 1 is 1.04 bits per heavy atom. The van der Waals surface area contributed by atoms with Crippen molar-refractivity contribution in [1.29, 1.82) is 0 Å². The summed E-state index contributed by atoms with van der Waals surface area (Å²) in [7, 11) is 1.58. The zero-order valence-electron chi connectivity index (χ0n) is 13.8. The molecule has 132 valence electrons. The molecule has 1 N–H and O–H groups in total. The van der Waals surface area contributed by atoms with Gasteiger partial charge in [-0.2, -0.15) is 0 Å². The topological polar surface area (TPSA) is 44.8 Å². The van der Waals surface area contributed by atoms with Crippen molar-refractivity contribution in [2.75, 3.05) is 43.5 Å². The third-order valence-electron chi connectivity index (χ3n) is 4.13. The number of benzene rings is 2. The number of nitrogens with one attached hydrogen (secondary N) is 1. The van der Waals surface area contributed by atoms with E-state index >= 15 is 0 Å². The molecule has 0 unspecified atom stereocenters. The van der Waals surface area contributed by atoms with E-state index in [4.69, 9.17) is 27.9 Å². The van der Waals surface area contributed by atoms with Gasteiger partial charge >= 0.3 is 6.03 Å². The Kier molecular flexibility index (Phi) is 5.56. The van der Waals surface area contributed by atoms with Gasteiger partial charge in [-0.25, -0.2) is 4.79 Å². The molecule has 2 amide bonds. The fraction of sp³-hybridized carbons (Fsp3) is 0.278. The smallest absolute Gasteiger partial charge is 0.322 e. The molecule has 0 aromatic heterocycles. The quantitative estimate of drug-likeness (QED) is 0.861. The van der Waals surface area contributed by atoms with Crippen LogP contribution < -0.4 is 15.0 Å². The Morgan fingerprint density at radius 2 is 1.68 bits per heavy atom. The number of methoxy groups -OCH3 is 1. The summed E-state index contributed by atoms with van der Waals surface area (Å²) >= 11 is 12.1. The van der Waals surface area contributed by atoms with Gasteiger partial charge in [0.05, 0.1) is 12.8 Å². The van der Waals surface area contributed by atoms with Crippen molar-refractivity contribution in [1.82, 2.24) is 4.90 Å². The number of halogens is 2. The molecule has 1 aliphatic rings. The Hall–Kier alpha value is -2.11. The molecule has 0 radical (unpaired) electrons. The summed E-state index contributed by atoms with van der Waals surface area (Å²) in [5, 5.41) is 4.13. The molecule has 0 aliphatic carbocycles. The van der Waals surface area contributed by atoms with Crippen LogP contribution in [-0.2, 0) is 0 Å². The number of hydrogen-bond acceptors (Lipinski definition) is 3. The van der Waals surface area contributed by atoms with Crippen LogP contribution in [0.15, 0.2) is 42.5 Å². The van der Waals surface area contributed by atoms with E-state index in [1.807, 2.05) is 36.4 Å². The van der Waals surface area contributed by atoms with Crippen molar-refractivity contribution in [3.8, 4) is 5.75 Å². The second-order valence-electron chi connectivity index (χ2n) is 5.73. The second-order valence-corrected chi connectivity index (χ2v) is 6.61. The van der Waals surface area contributed by atoms with Gasteiger partial charge in [-0.05, 0) is 30.3 Å². The minimum absolute atomic E-state index is 0.131. The van der Waals surface area contributed by atoms with Gasteiger partial charge in [-0.15, -0.1) is 0 Å². The number of urea groups is 1. The molecule has 0 spiro atoms. The minimum atomic E-state index is -0.131. The maximum absolute atomic E-state index is 12.5. The standard InChI is InChI=1S/C18H19Cl2N3O2/c1-25-17-5-3-2-4-16(17)21-18(24)23-8-6-22(7-9-23)15-11-13(19)10-14(20)12-15/h2-5,10-12H,6-9H2,1H3,(H,21,24). The molecule has 0 atom stereocenters. The summed E-state index contributed by atoms with van der Waals surface area (Å²) in [6.45, 7) is 2.67. The molecule has 5 nitrogen and oxygen atoms in total. The van der Waals surface area contributed by atoms with E-state index in [-0.39, 0.29) is 6.03 Å². The fourth-order valence-corrected chi connectivity index (χ4v) is 3.35. The number of amides is 2. The predicted molar refractivity (Wildman–Crippen MR) is 102 cm³/mol. The van der Waals surface area contributed by atoms with E-state index in [1.165, 1.54) is 0 Å². The molecule has 3 rings (SSSR count). The lowest BCUT2D eigenvalue weighted by atomic mass is 10.2. The average molecular weight is 380 g/mol. The number of carbonyl (C=O) groups is 1. The molecule has 2 aromatic carbocycles. The van der Waals surface area contributed by atoms with Crippen LogP contribution in [-0.4, -0.2) is 44.2 Å². The van der Waals surface area contributed by atoms with Crippen molar-refractivity contribution in [2.24, 2.45) is 0 Å². The fourth-order valence-electron chi connectivity index (χ4n) is 2.83. The normalized spacial score (nSPS) is 14.4. The van der Waals surface area contributed by atoms with Crippen LogP contribution >= 0.6 is 23.2 Å². The minimum Gasteiger partial charge on any atom is -0.495 e. The zero-order chi connectivity index (χ0) is 17.8. The van der Waals surface area contributed by atoms with Gasteiger partial charge in [-0.1, -0.05) is 35.3 Å². The summed E-state index contributed by atoms with van der Waals surface area (Å²) < 4.78 is 5.26. The summed E-state index contributed by atoms with van der Waals surface area (Å²) in [5.41, 5.74) is 1.64. The van der Waals surface area contributed by atoms with Crippen LogP contribution in [0.25, 0.3) is 0 Å². The third-order valence-corrected chi connectivity index (χ3v) is 4.56. The van der Waals surface area contributed by atoms with Crippen molar-refractivity contribution in [3.63, 3.8) is 0 Å². The van der Waals surface area contributed by atoms with Crippen LogP contribution in [0.4, 0.5) is 16.2 Å². The van der Waals surface area contributed by atoms with E-state index in [9.17, 15) is 4.79 Å². The van der Waals surface area contributed by atoms with Crippen molar-refractivity contribution in [3.05, 3.63) is 52.5 Å². The number of rotatable bonds is 3. The number of hydrogen-bond donors (Lipinski definition) is 1. The number of ether oxygens (including phenoxy) is 1. The van der Waals surface area contributed by atoms with Gasteiger partial charge in [0.1, 0.15) is 5.75 Å². The SMILES string of the molecule is COc1ccccc1NC(=O)N1CCN(c2cc(Cl)cc(Cl)c2)CC1. The molecule has 25 heavy (non-hydrogen) atoms. The molecule has 1 fully saturated rings. The molecule has 1 aliphatic heterocycles. The first-order valence-corrected chi connectivity index (χ1v) is 8.72. The number of anilines is 2. The Labute approximate surface area is 157 Å². The van der Waals surface area contributed by atoms with Gasteiger partial charge in [0, 0.05) is 41.9 Å². The number of nitrogens with zero attached hydrogens (tertiary/aromatic N) is 2. The summed E-state index contributed by atoms with van der Waals surface area (Å²) in [5.74, 6) is 0.642. The monoisotopic (exact) mass is 379 g/mol. The maximum atomic E-state index is 12.5. The molecule has 0 saturated carbocycles. The highest BCUT2D eigenvalue weighted by molar-refractivity contribution is 6.35. The van der Waals surface area contributed by atoms with E-state index in [0.29, 0.717) is 34.6 Å². The second kappa shape index (κ2) is 7.85. The average Bonchev–Trinajstić information content (AvgIpc) is 2.61. The molecular weight excluding hydrogens is 361 g/mol. The lowest BCUT2D eigenvalue weighted by Crippen LogP contribution is -2.50. The molecular formula is C18H19Cl2N3O2. The van der Waals surface area contributed by atoms with Gasteiger partial charge in [-0.3, -0.25) is 0 Å². The van der Waals surface area contributed by atoms with Crippen molar-refractivity contribution in [2.45, 2.75) is 0 Å². The number of piperazine rings is 1. The summed E-state index contributed by atoms with van der Waals surface area (Å²) in [4.78, 5) is 16.4.